The molecule has 34 heavy (non-hydrogen) atoms. The Balaban J connectivity index is 1.21. The zero-order valence-electron chi connectivity index (χ0n) is 19.7. The van der Waals surface area contributed by atoms with Gasteiger partial charge in [0, 0.05) is 44.5 Å². The molecule has 10 nitrogen and oxygen atoms in total. The molecular formula is C24H31N7O3. The van der Waals surface area contributed by atoms with Gasteiger partial charge in [-0.05, 0) is 31.4 Å². The van der Waals surface area contributed by atoms with Crippen molar-refractivity contribution in [2.45, 2.75) is 32.7 Å². The van der Waals surface area contributed by atoms with Gasteiger partial charge < -0.3 is 19.4 Å². The van der Waals surface area contributed by atoms with Crippen LogP contribution in [0.4, 0.5) is 11.5 Å². The monoisotopic (exact) mass is 465 g/mol. The molecule has 0 saturated carbocycles. The summed E-state index contributed by atoms with van der Waals surface area (Å²) in [5.74, 6) is 1.42. The molecule has 0 bridgehead atoms. The van der Waals surface area contributed by atoms with Crippen molar-refractivity contribution in [1.82, 2.24) is 20.1 Å². The number of piperazine rings is 1. The van der Waals surface area contributed by atoms with E-state index in [2.05, 4.69) is 38.0 Å². The fraction of sp³-hybridized carbons (Fsp3) is 0.542. The molecule has 2 aliphatic rings. The van der Waals surface area contributed by atoms with E-state index in [1.54, 1.807) is 18.5 Å². The van der Waals surface area contributed by atoms with Gasteiger partial charge in [-0.2, -0.15) is 10.4 Å². The third kappa shape index (κ3) is 5.37. The zero-order valence-corrected chi connectivity index (χ0v) is 19.7. The van der Waals surface area contributed by atoms with Crippen LogP contribution in [0.15, 0.2) is 29.3 Å². The van der Waals surface area contributed by atoms with Gasteiger partial charge in [-0.25, -0.2) is 10.1 Å². The lowest BCUT2D eigenvalue weighted by Crippen LogP contribution is -2.49. The number of H-pyrrole nitrogens is 1. The van der Waals surface area contributed by atoms with E-state index in [4.69, 9.17) is 10.00 Å². The van der Waals surface area contributed by atoms with Gasteiger partial charge >= 0.3 is 0 Å². The maximum Gasteiger partial charge on any atom is 0.269 e. The molecule has 0 aliphatic carbocycles. The Morgan fingerprint density at radius 1 is 1.26 bits per heavy atom. The highest BCUT2D eigenvalue weighted by molar-refractivity contribution is 5.76. The van der Waals surface area contributed by atoms with Gasteiger partial charge in [0.25, 0.3) is 5.56 Å². The number of amides is 1. The van der Waals surface area contributed by atoms with Crippen LogP contribution in [0.25, 0.3) is 0 Å². The van der Waals surface area contributed by atoms with Crippen LogP contribution in [0.2, 0.25) is 0 Å². The molecule has 2 fully saturated rings. The van der Waals surface area contributed by atoms with Crippen LogP contribution in [-0.4, -0.2) is 78.0 Å². The van der Waals surface area contributed by atoms with Crippen LogP contribution in [0, 0.1) is 24.2 Å². The van der Waals surface area contributed by atoms with Gasteiger partial charge in [-0.1, -0.05) is 6.92 Å². The van der Waals surface area contributed by atoms with Crippen LogP contribution in [0.3, 0.4) is 0 Å². The number of carbonyl (C=O) groups excluding carboxylic acids is 1. The SMILES string of the molecule is Cc1c(N2C[C@@H](C)C[C@H]2COCCC(=O)N2CCN(c3ccc(C#N)cn3)CC2)cn[nH]c1=O. The number of nitriles is 1. The predicted molar refractivity (Wildman–Crippen MR) is 128 cm³/mol. The molecule has 0 aromatic carbocycles. The van der Waals surface area contributed by atoms with E-state index in [0.717, 1.165) is 24.5 Å². The minimum Gasteiger partial charge on any atom is -0.379 e. The summed E-state index contributed by atoms with van der Waals surface area (Å²) >= 11 is 0. The zero-order chi connectivity index (χ0) is 24.1. The van der Waals surface area contributed by atoms with E-state index in [9.17, 15) is 9.59 Å². The lowest BCUT2D eigenvalue weighted by Gasteiger charge is -2.35. The number of hydrogen-bond acceptors (Lipinski definition) is 8. The highest BCUT2D eigenvalue weighted by atomic mass is 16.5. The number of nitrogens with zero attached hydrogens (tertiary/aromatic N) is 6. The predicted octanol–water partition coefficient (Wildman–Crippen LogP) is 1.32. The number of aromatic nitrogens is 3. The second kappa shape index (κ2) is 10.7. The third-order valence-electron chi connectivity index (χ3n) is 6.61. The van der Waals surface area contributed by atoms with Crippen LogP contribution in [0.5, 0.6) is 0 Å². The second-order valence-corrected chi connectivity index (χ2v) is 9.07. The first-order valence-electron chi connectivity index (χ1n) is 11.7. The van der Waals surface area contributed by atoms with Crippen molar-refractivity contribution < 1.29 is 9.53 Å². The van der Waals surface area contributed by atoms with Crippen molar-refractivity contribution in [2.24, 2.45) is 5.92 Å². The number of aromatic amines is 1. The molecular weight excluding hydrogens is 434 g/mol. The molecule has 2 atom stereocenters. The summed E-state index contributed by atoms with van der Waals surface area (Å²) in [4.78, 5) is 35.2. The van der Waals surface area contributed by atoms with Crippen LogP contribution in [0.1, 0.15) is 30.9 Å². The van der Waals surface area contributed by atoms with Crippen molar-refractivity contribution in [3.05, 3.63) is 46.0 Å². The van der Waals surface area contributed by atoms with E-state index in [1.165, 1.54) is 0 Å². The van der Waals surface area contributed by atoms with Gasteiger partial charge in [-0.15, -0.1) is 0 Å². The molecule has 1 N–H and O–H groups in total. The summed E-state index contributed by atoms with van der Waals surface area (Å²) in [6.07, 6.45) is 4.61. The molecule has 2 aromatic heterocycles. The number of pyridine rings is 1. The Kier molecular flexibility index (Phi) is 7.43. The quantitative estimate of drug-likeness (QED) is 0.608. The van der Waals surface area contributed by atoms with E-state index in [1.807, 2.05) is 17.9 Å². The number of nitrogens with one attached hydrogen (secondary N) is 1. The normalized spacial score (nSPS) is 20.4. The highest BCUT2D eigenvalue weighted by Crippen LogP contribution is 2.29. The largest absolute Gasteiger partial charge is 0.379 e. The Morgan fingerprint density at radius 2 is 2.06 bits per heavy atom. The van der Waals surface area contributed by atoms with Gasteiger partial charge in [0.2, 0.25) is 5.91 Å². The molecule has 0 radical (unpaired) electrons. The molecule has 2 aliphatic heterocycles. The van der Waals surface area contributed by atoms with Crippen molar-refractivity contribution in [3.8, 4) is 6.07 Å². The van der Waals surface area contributed by atoms with Gasteiger partial charge in [0.15, 0.2) is 0 Å². The first-order chi connectivity index (χ1) is 16.5. The number of carbonyl (C=O) groups is 1. The molecule has 4 heterocycles. The minimum atomic E-state index is -0.169. The summed E-state index contributed by atoms with van der Waals surface area (Å²) in [7, 11) is 0. The van der Waals surface area contributed by atoms with E-state index >= 15 is 0 Å². The molecule has 1 amide bonds. The van der Waals surface area contributed by atoms with Gasteiger partial charge in [0.1, 0.15) is 11.9 Å². The van der Waals surface area contributed by atoms with Gasteiger partial charge in [0.05, 0.1) is 43.1 Å². The third-order valence-corrected chi connectivity index (χ3v) is 6.61. The highest BCUT2D eigenvalue weighted by Gasteiger charge is 2.31. The summed E-state index contributed by atoms with van der Waals surface area (Å²) in [5.41, 5.74) is 1.89. The lowest BCUT2D eigenvalue weighted by atomic mass is 10.1. The van der Waals surface area contributed by atoms with Crippen molar-refractivity contribution >= 4 is 17.4 Å². The first-order valence-corrected chi connectivity index (χ1v) is 11.7. The topological polar surface area (TPSA) is 118 Å². The molecule has 0 spiro atoms. The number of anilines is 2. The van der Waals surface area contributed by atoms with Crippen molar-refractivity contribution in [3.63, 3.8) is 0 Å². The Bertz CT molecular complexity index is 1090. The van der Waals surface area contributed by atoms with E-state index in [0.29, 0.717) is 62.9 Å². The minimum absolute atomic E-state index is 0.0960. The Labute approximate surface area is 199 Å². The summed E-state index contributed by atoms with van der Waals surface area (Å²) in [6, 6.07) is 5.84. The standard InChI is InChI=1S/C24H31N7O3/c1-17-11-20(31(15-17)21-14-27-28-24(33)18(21)2)16-34-10-5-23(32)30-8-6-29(7-9-30)22-4-3-19(12-25)13-26-22/h3-4,13-14,17,20H,5-11,15-16H2,1-2H3,(H,28,33)/t17-,20-/m0/s1. The number of rotatable bonds is 7. The smallest absolute Gasteiger partial charge is 0.269 e. The lowest BCUT2D eigenvalue weighted by molar-refractivity contribution is -0.132. The molecule has 4 rings (SSSR count). The molecule has 180 valence electrons. The first kappa shape index (κ1) is 23.7. The van der Waals surface area contributed by atoms with Crippen molar-refractivity contribution in [1.29, 1.82) is 5.26 Å². The van der Waals surface area contributed by atoms with Crippen molar-refractivity contribution in [2.75, 3.05) is 55.7 Å². The van der Waals surface area contributed by atoms with Crippen LogP contribution >= 0.6 is 0 Å². The number of ether oxygens (including phenoxy) is 1. The maximum absolute atomic E-state index is 12.7. The van der Waals surface area contributed by atoms with Crippen LogP contribution in [-0.2, 0) is 9.53 Å². The summed E-state index contributed by atoms with van der Waals surface area (Å²) < 4.78 is 5.92. The molecule has 2 saturated heterocycles. The average Bonchev–Trinajstić information content (AvgIpc) is 3.23. The fourth-order valence-corrected chi connectivity index (χ4v) is 4.70. The summed E-state index contributed by atoms with van der Waals surface area (Å²) in [5, 5.41) is 15.3. The van der Waals surface area contributed by atoms with Crippen LogP contribution < -0.4 is 15.4 Å². The number of hydrogen-bond donors (Lipinski definition) is 1. The maximum atomic E-state index is 12.7. The molecule has 2 aromatic rings. The Hall–Kier alpha value is -3.45. The Morgan fingerprint density at radius 3 is 2.76 bits per heavy atom. The molecule has 0 unspecified atom stereocenters. The average molecular weight is 466 g/mol. The second-order valence-electron chi connectivity index (χ2n) is 9.07. The van der Waals surface area contributed by atoms with E-state index < -0.39 is 0 Å². The fourth-order valence-electron chi connectivity index (χ4n) is 4.70. The van der Waals surface area contributed by atoms with Gasteiger partial charge in [-0.3, -0.25) is 9.59 Å². The summed E-state index contributed by atoms with van der Waals surface area (Å²) in [6.45, 7) is 8.47. The van der Waals surface area contributed by atoms with E-state index in [-0.39, 0.29) is 17.5 Å². The molecule has 10 heteroatoms.